The highest BCUT2D eigenvalue weighted by Gasteiger charge is 2.19. The van der Waals surface area contributed by atoms with Gasteiger partial charge in [-0.05, 0) is 23.6 Å². The summed E-state index contributed by atoms with van der Waals surface area (Å²) in [6.45, 7) is -6.95. The summed E-state index contributed by atoms with van der Waals surface area (Å²) in [5.74, 6) is -1.82. The van der Waals surface area contributed by atoms with Crippen LogP contribution in [0.25, 0.3) is 10.2 Å². The minimum atomic E-state index is -3.29. The Kier molecular flexibility index (Phi) is 5.40. The molecule has 3 aromatic rings. The molecule has 0 fully saturated rings. The molecule has 3 rings (SSSR count). The van der Waals surface area contributed by atoms with Crippen LogP contribution in [0.2, 0.25) is 0 Å². The maximum absolute atomic E-state index is 12.6. The lowest BCUT2D eigenvalue weighted by molar-refractivity contribution is -0.0544. The van der Waals surface area contributed by atoms with Crippen LogP contribution in [0.5, 0.6) is 11.5 Å². The molecular formula is C16H10F4N2O4S. The van der Waals surface area contributed by atoms with Crippen molar-refractivity contribution in [2.45, 2.75) is 19.8 Å². The van der Waals surface area contributed by atoms with Crippen LogP contribution >= 0.6 is 11.3 Å². The molecular weight excluding hydrogens is 392 g/mol. The summed E-state index contributed by atoms with van der Waals surface area (Å²) in [7, 11) is 0. The molecule has 11 heteroatoms. The molecule has 2 aromatic heterocycles. The number of carbonyl (C=O) groups is 1. The molecule has 2 heterocycles. The second-order valence-corrected chi connectivity index (χ2v) is 6.05. The van der Waals surface area contributed by atoms with Crippen molar-refractivity contribution >= 4 is 27.3 Å². The molecule has 0 unspecified atom stereocenters. The first-order valence-corrected chi connectivity index (χ1v) is 8.22. The van der Waals surface area contributed by atoms with Crippen LogP contribution < -0.4 is 15.0 Å². The van der Waals surface area contributed by atoms with Crippen molar-refractivity contribution in [3.05, 3.63) is 51.9 Å². The largest absolute Gasteiger partial charge is 0.435 e. The van der Waals surface area contributed by atoms with E-state index in [0.717, 1.165) is 22.8 Å². The fraction of sp³-hybridized carbons (Fsp3) is 0.188. The van der Waals surface area contributed by atoms with Gasteiger partial charge >= 0.3 is 13.2 Å². The molecule has 0 saturated heterocycles. The normalized spacial score (nSPS) is 11.3. The molecule has 0 aliphatic rings. The van der Waals surface area contributed by atoms with Gasteiger partial charge in [0.25, 0.3) is 5.56 Å². The summed E-state index contributed by atoms with van der Waals surface area (Å²) in [5, 5.41) is 1.99. The quantitative estimate of drug-likeness (QED) is 0.447. The Balaban J connectivity index is 1.92. The zero-order valence-corrected chi connectivity index (χ0v) is 14.1. The van der Waals surface area contributed by atoms with E-state index in [2.05, 4.69) is 14.5 Å². The molecule has 142 valence electrons. The second-order valence-electron chi connectivity index (χ2n) is 5.16. The lowest BCUT2D eigenvalue weighted by atomic mass is 10.1. The van der Waals surface area contributed by atoms with Crippen LogP contribution in [0.1, 0.15) is 10.4 Å². The average Bonchev–Trinajstić information content (AvgIpc) is 3.06. The van der Waals surface area contributed by atoms with E-state index in [-0.39, 0.29) is 5.56 Å². The number of aromatic nitrogens is 2. The molecule has 0 radical (unpaired) electrons. The number of ether oxygens (including phenoxy) is 2. The van der Waals surface area contributed by atoms with Crippen molar-refractivity contribution in [1.82, 2.24) is 9.55 Å². The fourth-order valence-corrected chi connectivity index (χ4v) is 3.07. The standard InChI is InChI=1S/C16H10F4N2O4S/c17-15(18)25-8-1-2-9(12(5-8)26-16(19)20)11(23)6-22-7-21-13-10(14(22)24)3-4-27-13/h1-5,7,15-16H,6H2. The number of hydrogen-bond acceptors (Lipinski definition) is 6. The first-order valence-electron chi connectivity index (χ1n) is 7.34. The van der Waals surface area contributed by atoms with Crippen molar-refractivity contribution in [1.29, 1.82) is 0 Å². The molecule has 0 aliphatic carbocycles. The first kappa shape index (κ1) is 18.8. The van der Waals surface area contributed by atoms with Gasteiger partial charge in [0, 0.05) is 6.07 Å². The number of rotatable bonds is 7. The van der Waals surface area contributed by atoms with Gasteiger partial charge < -0.3 is 9.47 Å². The molecule has 0 N–H and O–H groups in total. The van der Waals surface area contributed by atoms with E-state index < -0.39 is 42.6 Å². The number of benzene rings is 1. The summed E-state index contributed by atoms with van der Waals surface area (Å²) in [6, 6.07) is 4.34. The Hall–Kier alpha value is -2.95. The number of fused-ring (bicyclic) bond motifs is 1. The van der Waals surface area contributed by atoms with E-state index >= 15 is 0 Å². The SMILES string of the molecule is O=C(Cn1cnc2sccc2c1=O)c1ccc(OC(F)F)cc1OC(F)F. The summed E-state index contributed by atoms with van der Waals surface area (Å²) < 4.78 is 59.1. The Labute approximate surface area is 152 Å². The number of ketones is 1. The maximum Gasteiger partial charge on any atom is 0.387 e. The summed E-state index contributed by atoms with van der Waals surface area (Å²) in [6.07, 6.45) is 1.17. The van der Waals surface area contributed by atoms with E-state index in [1.165, 1.54) is 17.7 Å². The van der Waals surface area contributed by atoms with Gasteiger partial charge in [0.15, 0.2) is 5.78 Å². The van der Waals surface area contributed by atoms with Crippen LogP contribution in [0.3, 0.4) is 0 Å². The van der Waals surface area contributed by atoms with Gasteiger partial charge in [-0.1, -0.05) is 0 Å². The number of nitrogens with zero attached hydrogens (tertiary/aromatic N) is 2. The van der Waals surface area contributed by atoms with Crippen molar-refractivity contribution in [3.8, 4) is 11.5 Å². The van der Waals surface area contributed by atoms with Gasteiger partial charge in [-0.25, -0.2) is 4.98 Å². The van der Waals surface area contributed by atoms with E-state index in [9.17, 15) is 27.2 Å². The highest BCUT2D eigenvalue weighted by molar-refractivity contribution is 7.16. The maximum atomic E-state index is 12.6. The van der Waals surface area contributed by atoms with Gasteiger partial charge in [0.1, 0.15) is 16.3 Å². The molecule has 0 bridgehead atoms. The molecule has 6 nitrogen and oxygen atoms in total. The van der Waals surface area contributed by atoms with Crippen LogP contribution in [0.4, 0.5) is 17.6 Å². The van der Waals surface area contributed by atoms with Crippen molar-refractivity contribution in [2.75, 3.05) is 0 Å². The molecule has 0 spiro atoms. The van der Waals surface area contributed by atoms with E-state index in [1.54, 1.807) is 11.4 Å². The molecule has 1 aromatic carbocycles. The molecule has 27 heavy (non-hydrogen) atoms. The third-order valence-corrected chi connectivity index (χ3v) is 4.28. The highest BCUT2D eigenvalue weighted by Crippen LogP contribution is 2.28. The summed E-state index contributed by atoms with van der Waals surface area (Å²) in [5.41, 5.74) is -0.780. The van der Waals surface area contributed by atoms with E-state index in [0.29, 0.717) is 10.2 Å². The first-order chi connectivity index (χ1) is 12.8. The van der Waals surface area contributed by atoms with Crippen LogP contribution in [-0.4, -0.2) is 28.6 Å². The Morgan fingerprint density at radius 2 is 1.89 bits per heavy atom. The fourth-order valence-electron chi connectivity index (χ4n) is 2.35. The van der Waals surface area contributed by atoms with Crippen LogP contribution in [0, 0.1) is 0 Å². The molecule has 0 saturated carbocycles. The Morgan fingerprint density at radius 1 is 1.15 bits per heavy atom. The van der Waals surface area contributed by atoms with E-state index in [1.807, 2.05) is 0 Å². The number of alkyl halides is 4. The van der Waals surface area contributed by atoms with Gasteiger partial charge in [-0.3, -0.25) is 14.2 Å². The predicted octanol–water partition coefficient (Wildman–Crippen LogP) is 3.54. The topological polar surface area (TPSA) is 70.4 Å². The predicted molar refractivity (Wildman–Crippen MR) is 87.9 cm³/mol. The van der Waals surface area contributed by atoms with Crippen LogP contribution in [-0.2, 0) is 6.54 Å². The lowest BCUT2D eigenvalue weighted by Gasteiger charge is -2.13. The molecule has 0 atom stereocenters. The van der Waals surface area contributed by atoms with Crippen LogP contribution in [0.15, 0.2) is 40.8 Å². The van der Waals surface area contributed by atoms with Crippen molar-refractivity contribution in [3.63, 3.8) is 0 Å². The monoisotopic (exact) mass is 402 g/mol. The smallest absolute Gasteiger partial charge is 0.387 e. The second kappa shape index (κ2) is 7.74. The summed E-state index contributed by atoms with van der Waals surface area (Å²) >= 11 is 1.25. The average molecular weight is 402 g/mol. The third-order valence-electron chi connectivity index (χ3n) is 3.46. The minimum Gasteiger partial charge on any atom is -0.435 e. The minimum absolute atomic E-state index is 0.311. The molecule has 0 amide bonds. The summed E-state index contributed by atoms with van der Waals surface area (Å²) in [4.78, 5) is 29.3. The highest BCUT2D eigenvalue weighted by atomic mass is 32.1. The zero-order chi connectivity index (χ0) is 19.6. The van der Waals surface area contributed by atoms with E-state index in [4.69, 9.17) is 0 Å². The van der Waals surface area contributed by atoms with Gasteiger partial charge in [-0.15, -0.1) is 11.3 Å². The number of Topliss-reactive ketones (excluding diaryl/α,β-unsaturated/α-hetero) is 1. The number of hydrogen-bond donors (Lipinski definition) is 0. The number of carbonyl (C=O) groups excluding carboxylic acids is 1. The Bertz CT molecular complexity index is 1030. The van der Waals surface area contributed by atoms with Crippen molar-refractivity contribution < 1.29 is 31.8 Å². The number of halogens is 4. The lowest BCUT2D eigenvalue weighted by Crippen LogP contribution is -2.24. The Morgan fingerprint density at radius 3 is 2.59 bits per heavy atom. The van der Waals surface area contributed by atoms with Gasteiger partial charge in [0.05, 0.1) is 23.8 Å². The molecule has 0 aliphatic heterocycles. The number of thiophene rings is 1. The van der Waals surface area contributed by atoms with Gasteiger partial charge in [0.2, 0.25) is 0 Å². The van der Waals surface area contributed by atoms with Crippen molar-refractivity contribution in [2.24, 2.45) is 0 Å². The zero-order valence-electron chi connectivity index (χ0n) is 13.3. The van der Waals surface area contributed by atoms with Gasteiger partial charge in [-0.2, -0.15) is 17.6 Å². The third kappa shape index (κ3) is 4.25.